The lowest BCUT2D eigenvalue weighted by Gasteiger charge is -2.37. The molecule has 0 atom stereocenters. The van der Waals surface area contributed by atoms with Gasteiger partial charge >= 0.3 is 0 Å². The zero-order valence-electron chi connectivity index (χ0n) is 22.4. The molecule has 0 radical (unpaired) electrons. The Bertz CT molecular complexity index is 1600. The molecular weight excluding hydrogens is 569 g/mol. The lowest BCUT2D eigenvalue weighted by atomic mass is 9.98. The molecule has 41 heavy (non-hydrogen) atoms. The molecule has 3 aromatic rings. The molecule has 2 fully saturated rings. The maximum absolute atomic E-state index is 13.4. The van der Waals surface area contributed by atoms with Crippen LogP contribution in [0.25, 0.3) is 0 Å². The quantitative estimate of drug-likeness (QED) is 0.393. The van der Waals surface area contributed by atoms with E-state index in [2.05, 4.69) is 9.62 Å². The van der Waals surface area contributed by atoms with Gasteiger partial charge in [0, 0.05) is 57.5 Å². The van der Waals surface area contributed by atoms with E-state index in [1.54, 1.807) is 18.2 Å². The minimum Gasteiger partial charge on any atom is -0.381 e. The second kappa shape index (κ2) is 12.3. The van der Waals surface area contributed by atoms with Gasteiger partial charge in [-0.25, -0.2) is 21.2 Å². The van der Waals surface area contributed by atoms with Crippen LogP contribution in [0.15, 0.2) is 87.5 Å². The van der Waals surface area contributed by atoms with Gasteiger partial charge in [-0.15, -0.1) is 0 Å². The highest BCUT2D eigenvalue weighted by Crippen LogP contribution is 2.29. The predicted octanol–water partition coefficient (Wildman–Crippen LogP) is 3.53. The summed E-state index contributed by atoms with van der Waals surface area (Å²) >= 11 is 0. The molecule has 0 aromatic heterocycles. The molecule has 0 spiro atoms. The van der Waals surface area contributed by atoms with Crippen molar-refractivity contribution in [1.82, 2.24) is 9.80 Å². The van der Waals surface area contributed by atoms with Gasteiger partial charge in [0.15, 0.2) is 0 Å². The van der Waals surface area contributed by atoms with Crippen LogP contribution in [0.5, 0.6) is 0 Å². The fourth-order valence-corrected chi connectivity index (χ4v) is 8.30. The standard InChI is InChI=1S/C29H32FN3O6S2/c30-24-8-10-26(11-9-24)40(35,36)27-6-1-2-7-28(27)41(37,38)31-25-5-3-4-22(20-25)21-32-14-16-33(17-15-32)29(34)23-12-18-39-19-13-23/h1-11,20,23,31H,12-19,21H2. The number of sulfonamides is 1. The molecule has 1 amide bonds. The number of halogens is 1. The van der Waals surface area contributed by atoms with Crippen molar-refractivity contribution in [3.63, 3.8) is 0 Å². The topological polar surface area (TPSA) is 113 Å². The van der Waals surface area contributed by atoms with Crippen LogP contribution in [-0.2, 0) is 35.9 Å². The number of benzene rings is 3. The van der Waals surface area contributed by atoms with Crippen LogP contribution in [0.3, 0.4) is 0 Å². The second-order valence-corrected chi connectivity index (χ2v) is 13.8. The number of piperazine rings is 1. The molecule has 2 aliphatic rings. The van der Waals surface area contributed by atoms with Crippen molar-refractivity contribution in [2.45, 2.75) is 34.1 Å². The van der Waals surface area contributed by atoms with E-state index < -0.39 is 35.5 Å². The first kappa shape index (κ1) is 29.2. The normalized spacial score (nSPS) is 17.3. The number of hydrogen-bond donors (Lipinski definition) is 1. The number of amides is 1. The summed E-state index contributed by atoms with van der Waals surface area (Å²) in [4.78, 5) is 16.0. The monoisotopic (exact) mass is 601 g/mol. The van der Waals surface area contributed by atoms with Gasteiger partial charge in [0.1, 0.15) is 10.7 Å². The Labute approximate surface area is 239 Å². The molecule has 3 aromatic carbocycles. The molecule has 0 aliphatic carbocycles. The SMILES string of the molecule is O=C(C1CCOCC1)N1CCN(Cc2cccc(NS(=O)(=O)c3ccccc3S(=O)(=O)c3ccc(F)cc3)c2)CC1. The Morgan fingerprint density at radius 3 is 2.20 bits per heavy atom. The third-order valence-electron chi connectivity index (χ3n) is 7.39. The summed E-state index contributed by atoms with van der Waals surface area (Å²) in [5.74, 6) is -0.362. The largest absolute Gasteiger partial charge is 0.381 e. The summed E-state index contributed by atoms with van der Waals surface area (Å²) in [6.45, 7) is 4.53. The summed E-state index contributed by atoms with van der Waals surface area (Å²) in [6.07, 6.45) is 1.54. The van der Waals surface area contributed by atoms with Crippen LogP contribution in [0.2, 0.25) is 0 Å². The van der Waals surface area contributed by atoms with E-state index in [0.717, 1.165) is 42.7 Å². The van der Waals surface area contributed by atoms with Crippen molar-refractivity contribution in [2.75, 3.05) is 44.1 Å². The van der Waals surface area contributed by atoms with Crippen molar-refractivity contribution in [1.29, 1.82) is 0 Å². The molecule has 5 rings (SSSR count). The van der Waals surface area contributed by atoms with Crippen LogP contribution >= 0.6 is 0 Å². The first-order valence-corrected chi connectivity index (χ1v) is 16.4. The average Bonchev–Trinajstić information content (AvgIpc) is 2.98. The van der Waals surface area contributed by atoms with Gasteiger partial charge in [-0.3, -0.25) is 14.4 Å². The van der Waals surface area contributed by atoms with Crippen LogP contribution in [-0.4, -0.2) is 71.9 Å². The minimum absolute atomic E-state index is 0.0378. The highest BCUT2D eigenvalue weighted by atomic mass is 32.2. The highest BCUT2D eigenvalue weighted by molar-refractivity contribution is 7.95. The Kier molecular flexibility index (Phi) is 8.74. The minimum atomic E-state index is -4.29. The molecule has 0 unspecified atom stereocenters. The molecule has 1 N–H and O–H groups in total. The molecule has 218 valence electrons. The van der Waals surface area contributed by atoms with Crippen LogP contribution < -0.4 is 4.72 Å². The maximum Gasteiger partial charge on any atom is 0.263 e. The van der Waals surface area contributed by atoms with E-state index in [1.165, 1.54) is 24.3 Å². The Morgan fingerprint density at radius 2 is 1.51 bits per heavy atom. The van der Waals surface area contributed by atoms with Gasteiger partial charge in [0.25, 0.3) is 10.0 Å². The number of anilines is 1. The summed E-state index contributed by atoms with van der Waals surface area (Å²) in [5, 5.41) is 0. The van der Waals surface area contributed by atoms with Gasteiger partial charge < -0.3 is 9.64 Å². The summed E-state index contributed by atoms with van der Waals surface area (Å²) in [5.41, 5.74) is 1.17. The third kappa shape index (κ3) is 6.78. The Hall–Kier alpha value is -3.32. The van der Waals surface area contributed by atoms with E-state index >= 15 is 0 Å². The van der Waals surface area contributed by atoms with E-state index in [9.17, 15) is 26.0 Å². The van der Waals surface area contributed by atoms with E-state index in [0.29, 0.717) is 51.6 Å². The average molecular weight is 602 g/mol. The van der Waals surface area contributed by atoms with E-state index in [-0.39, 0.29) is 16.7 Å². The first-order chi connectivity index (χ1) is 19.6. The van der Waals surface area contributed by atoms with Gasteiger partial charge in [0.2, 0.25) is 15.7 Å². The Morgan fingerprint density at radius 1 is 0.854 bits per heavy atom. The smallest absolute Gasteiger partial charge is 0.263 e. The van der Waals surface area contributed by atoms with Crippen molar-refractivity contribution in [2.24, 2.45) is 5.92 Å². The lowest BCUT2D eigenvalue weighted by molar-refractivity contribution is -0.140. The Balaban J connectivity index is 1.26. The third-order valence-corrected chi connectivity index (χ3v) is 10.8. The molecule has 2 heterocycles. The molecular formula is C29H32FN3O6S2. The number of nitrogens with zero attached hydrogens (tertiary/aromatic N) is 2. The molecule has 2 aliphatic heterocycles. The molecule has 12 heteroatoms. The number of ether oxygens (including phenoxy) is 1. The number of nitrogens with one attached hydrogen (secondary N) is 1. The van der Waals surface area contributed by atoms with Gasteiger partial charge in [-0.2, -0.15) is 0 Å². The fraction of sp³-hybridized carbons (Fsp3) is 0.345. The number of sulfone groups is 1. The molecule has 2 saturated heterocycles. The van der Waals surface area contributed by atoms with E-state index in [1.807, 2.05) is 11.0 Å². The maximum atomic E-state index is 13.4. The zero-order chi connectivity index (χ0) is 29.0. The zero-order valence-corrected chi connectivity index (χ0v) is 24.0. The predicted molar refractivity (Wildman–Crippen MR) is 151 cm³/mol. The molecule has 9 nitrogen and oxygen atoms in total. The van der Waals surface area contributed by atoms with E-state index in [4.69, 9.17) is 4.74 Å². The van der Waals surface area contributed by atoms with Crippen LogP contribution in [0, 0.1) is 11.7 Å². The second-order valence-electron chi connectivity index (χ2n) is 10.2. The van der Waals surface area contributed by atoms with Crippen LogP contribution in [0.1, 0.15) is 18.4 Å². The molecule has 0 bridgehead atoms. The lowest BCUT2D eigenvalue weighted by Crippen LogP contribution is -2.50. The van der Waals surface area contributed by atoms with Gasteiger partial charge in [0.05, 0.1) is 9.79 Å². The highest BCUT2D eigenvalue weighted by Gasteiger charge is 2.30. The van der Waals surface area contributed by atoms with Crippen molar-refractivity contribution in [3.8, 4) is 0 Å². The molecule has 0 saturated carbocycles. The van der Waals surface area contributed by atoms with Gasteiger partial charge in [-0.1, -0.05) is 24.3 Å². The fourth-order valence-electron chi connectivity index (χ4n) is 5.17. The number of rotatable bonds is 8. The van der Waals surface area contributed by atoms with Crippen LogP contribution in [0.4, 0.5) is 10.1 Å². The van der Waals surface area contributed by atoms with Gasteiger partial charge in [-0.05, 0) is 66.9 Å². The number of carbonyl (C=O) groups is 1. The number of carbonyl (C=O) groups excluding carboxylic acids is 1. The van der Waals surface area contributed by atoms with Crippen molar-refractivity contribution in [3.05, 3.63) is 84.2 Å². The first-order valence-electron chi connectivity index (χ1n) is 13.4. The summed E-state index contributed by atoms with van der Waals surface area (Å²) in [6, 6.07) is 16.5. The summed E-state index contributed by atoms with van der Waals surface area (Å²) < 4.78 is 74.5. The van der Waals surface area contributed by atoms with Crippen molar-refractivity contribution < 1.29 is 30.8 Å². The number of hydrogen-bond acceptors (Lipinski definition) is 7. The van der Waals surface area contributed by atoms with Crippen molar-refractivity contribution >= 4 is 31.5 Å². The summed E-state index contributed by atoms with van der Waals surface area (Å²) in [7, 11) is -8.52.